The van der Waals surface area contributed by atoms with Crippen molar-refractivity contribution in [3.8, 4) is 0 Å². The van der Waals surface area contributed by atoms with Crippen LogP contribution in [0.2, 0.25) is 0 Å². The van der Waals surface area contributed by atoms with Gasteiger partial charge in [0.05, 0.1) is 0 Å². The Bertz CT molecular complexity index is 380. The van der Waals surface area contributed by atoms with Gasteiger partial charge in [-0.25, -0.2) is 9.97 Å². The molecule has 0 bridgehead atoms. The number of nitrogen functional groups attached to an aromatic ring is 1. The van der Waals surface area contributed by atoms with Crippen molar-refractivity contribution in [2.45, 2.75) is 32.6 Å². The molecule has 0 spiro atoms. The molecule has 1 aromatic heterocycles. The maximum atomic E-state index is 10.5. The zero-order valence-corrected chi connectivity index (χ0v) is 10.1. The summed E-state index contributed by atoms with van der Waals surface area (Å²) in [4.78, 5) is 18.9. The summed E-state index contributed by atoms with van der Waals surface area (Å²) >= 11 is 0. The van der Waals surface area contributed by atoms with Crippen LogP contribution in [0.3, 0.4) is 0 Å². The Kier molecular flexibility index (Phi) is 5.19. The first-order valence-electron chi connectivity index (χ1n) is 5.77. The van der Waals surface area contributed by atoms with Crippen molar-refractivity contribution in [1.29, 1.82) is 0 Å². The number of carbonyl (C=O) groups excluding carboxylic acids is 1. The zero-order chi connectivity index (χ0) is 12.7. The lowest BCUT2D eigenvalue weighted by molar-refractivity contribution is -0.118. The summed E-state index contributed by atoms with van der Waals surface area (Å²) in [5.74, 6) is 1.67. The van der Waals surface area contributed by atoms with Crippen LogP contribution >= 0.6 is 0 Å². The van der Waals surface area contributed by atoms with Gasteiger partial charge in [0, 0.05) is 25.5 Å². The number of amides is 1. The minimum Gasteiger partial charge on any atom is -0.384 e. The van der Waals surface area contributed by atoms with Gasteiger partial charge in [0.25, 0.3) is 0 Å². The molecular formula is C11H19N5O. The molecule has 17 heavy (non-hydrogen) atoms. The number of nitrogens with two attached hydrogens (primary N) is 2. The SMILES string of the molecule is CCc1nc(N)cc(NCCCCC(N)=O)n1. The number of rotatable bonds is 7. The molecule has 0 atom stereocenters. The van der Waals surface area contributed by atoms with E-state index in [2.05, 4.69) is 15.3 Å². The highest BCUT2D eigenvalue weighted by atomic mass is 16.1. The Balaban J connectivity index is 2.36. The third kappa shape index (κ3) is 5.14. The third-order valence-corrected chi connectivity index (χ3v) is 2.26. The van der Waals surface area contributed by atoms with Gasteiger partial charge in [-0.1, -0.05) is 6.92 Å². The number of anilines is 2. The van der Waals surface area contributed by atoms with E-state index in [1.807, 2.05) is 6.92 Å². The van der Waals surface area contributed by atoms with Crippen molar-refractivity contribution in [2.24, 2.45) is 5.73 Å². The van der Waals surface area contributed by atoms with Gasteiger partial charge in [-0.05, 0) is 12.8 Å². The van der Waals surface area contributed by atoms with Crippen molar-refractivity contribution in [3.05, 3.63) is 11.9 Å². The van der Waals surface area contributed by atoms with Crippen LogP contribution in [0.5, 0.6) is 0 Å². The quantitative estimate of drug-likeness (QED) is 0.605. The normalized spacial score (nSPS) is 10.2. The second-order valence-corrected chi connectivity index (χ2v) is 3.80. The Morgan fingerprint density at radius 3 is 2.82 bits per heavy atom. The summed E-state index contributed by atoms with van der Waals surface area (Å²) in [5, 5.41) is 3.15. The van der Waals surface area contributed by atoms with E-state index in [0.717, 1.165) is 37.4 Å². The van der Waals surface area contributed by atoms with E-state index in [4.69, 9.17) is 11.5 Å². The van der Waals surface area contributed by atoms with Gasteiger partial charge in [-0.3, -0.25) is 4.79 Å². The molecule has 0 aliphatic heterocycles. The molecule has 0 saturated heterocycles. The molecule has 5 N–H and O–H groups in total. The largest absolute Gasteiger partial charge is 0.384 e. The molecular weight excluding hydrogens is 218 g/mol. The number of hydrogen-bond acceptors (Lipinski definition) is 5. The number of aryl methyl sites for hydroxylation is 1. The lowest BCUT2D eigenvalue weighted by Gasteiger charge is -2.07. The summed E-state index contributed by atoms with van der Waals surface area (Å²) in [6, 6.07) is 1.70. The molecule has 1 rings (SSSR count). The number of carbonyl (C=O) groups is 1. The van der Waals surface area contributed by atoms with E-state index < -0.39 is 0 Å². The van der Waals surface area contributed by atoms with Crippen molar-refractivity contribution in [1.82, 2.24) is 9.97 Å². The fraction of sp³-hybridized carbons (Fsp3) is 0.545. The van der Waals surface area contributed by atoms with Gasteiger partial charge in [0.15, 0.2) is 0 Å². The maximum Gasteiger partial charge on any atom is 0.217 e. The first-order valence-corrected chi connectivity index (χ1v) is 5.77. The van der Waals surface area contributed by atoms with E-state index in [9.17, 15) is 4.79 Å². The fourth-order valence-electron chi connectivity index (χ4n) is 1.41. The highest BCUT2D eigenvalue weighted by Crippen LogP contribution is 2.09. The minimum atomic E-state index is -0.260. The first kappa shape index (κ1) is 13.2. The molecule has 0 aromatic carbocycles. The molecule has 6 heteroatoms. The average molecular weight is 237 g/mol. The Morgan fingerprint density at radius 1 is 1.41 bits per heavy atom. The summed E-state index contributed by atoms with van der Waals surface area (Å²) < 4.78 is 0. The predicted octanol–water partition coefficient (Wildman–Crippen LogP) is 0.689. The van der Waals surface area contributed by atoms with Crippen molar-refractivity contribution in [3.63, 3.8) is 0 Å². The number of primary amides is 1. The van der Waals surface area contributed by atoms with E-state index in [1.54, 1.807) is 6.07 Å². The van der Waals surface area contributed by atoms with Gasteiger partial charge < -0.3 is 16.8 Å². The van der Waals surface area contributed by atoms with E-state index in [1.165, 1.54) is 0 Å². The summed E-state index contributed by atoms with van der Waals surface area (Å²) in [7, 11) is 0. The molecule has 0 unspecified atom stereocenters. The standard InChI is InChI=1S/C11H19N5O/c1-2-10-15-8(12)7-11(16-10)14-6-4-3-5-9(13)17/h7H,2-6H2,1H3,(H2,13,17)(H3,12,14,15,16). The average Bonchev–Trinajstić information content (AvgIpc) is 2.27. The second kappa shape index (κ2) is 6.67. The first-order chi connectivity index (χ1) is 8.11. The van der Waals surface area contributed by atoms with Gasteiger partial charge in [0.2, 0.25) is 5.91 Å². The molecule has 0 saturated carbocycles. The fourth-order valence-corrected chi connectivity index (χ4v) is 1.41. The second-order valence-electron chi connectivity index (χ2n) is 3.80. The molecule has 0 radical (unpaired) electrons. The molecule has 94 valence electrons. The molecule has 0 aliphatic carbocycles. The summed E-state index contributed by atoms with van der Waals surface area (Å²) in [6.45, 7) is 2.72. The van der Waals surface area contributed by atoms with Crippen LogP contribution in [0.25, 0.3) is 0 Å². The van der Waals surface area contributed by atoms with Gasteiger partial charge in [0.1, 0.15) is 17.5 Å². The molecule has 0 aliphatic rings. The van der Waals surface area contributed by atoms with Crippen LogP contribution in [0.4, 0.5) is 11.6 Å². The van der Waals surface area contributed by atoms with Gasteiger partial charge in [-0.2, -0.15) is 0 Å². The lowest BCUT2D eigenvalue weighted by atomic mass is 10.2. The van der Waals surface area contributed by atoms with Crippen molar-refractivity contribution in [2.75, 3.05) is 17.6 Å². The number of hydrogen-bond donors (Lipinski definition) is 3. The van der Waals surface area contributed by atoms with Gasteiger partial charge >= 0.3 is 0 Å². The molecule has 1 aromatic rings. The summed E-state index contributed by atoms with van der Waals surface area (Å²) in [6.07, 6.45) is 2.83. The molecule has 0 fully saturated rings. The number of nitrogens with zero attached hydrogens (tertiary/aromatic N) is 2. The minimum absolute atomic E-state index is 0.260. The predicted molar refractivity (Wildman–Crippen MR) is 67.4 cm³/mol. The smallest absolute Gasteiger partial charge is 0.217 e. The van der Waals surface area contributed by atoms with E-state index in [-0.39, 0.29) is 5.91 Å². The highest BCUT2D eigenvalue weighted by molar-refractivity contribution is 5.73. The van der Waals surface area contributed by atoms with Crippen LogP contribution < -0.4 is 16.8 Å². The van der Waals surface area contributed by atoms with E-state index >= 15 is 0 Å². The topological polar surface area (TPSA) is 107 Å². The highest BCUT2D eigenvalue weighted by Gasteiger charge is 2.00. The monoisotopic (exact) mass is 237 g/mol. The lowest BCUT2D eigenvalue weighted by Crippen LogP contribution is -2.11. The van der Waals surface area contributed by atoms with Crippen LogP contribution in [-0.4, -0.2) is 22.4 Å². The van der Waals surface area contributed by atoms with Crippen LogP contribution in [0.1, 0.15) is 32.0 Å². The van der Waals surface area contributed by atoms with Crippen molar-refractivity contribution >= 4 is 17.5 Å². The van der Waals surface area contributed by atoms with E-state index in [0.29, 0.717) is 12.2 Å². The van der Waals surface area contributed by atoms with Crippen molar-refractivity contribution < 1.29 is 4.79 Å². The summed E-state index contributed by atoms with van der Waals surface area (Å²) in [5.41, 5.74) is 10.7. The Morgan fingerprint density at radius 2 is 2.18 bits per heavy atom. The molecule has 1 amide bonds. The number of nitrogens with one attached hydrogen (secondary N) is 1. The van der Waals surface area contributed by atoms with Gasteiger partial charge in [-0.15, -0.1) is 0 Å². The van der Waals surface area contributed by atoms with Crippen LogP contribution in [-0.2, 0) is 11.2 Å². The zero-order valence-electron chi connectivity index (χ0n) is 10.1. The number of aromatic nitrogens is 2. The molecule has 6 nitrogen and oxygen atoms in total. The van der Waals surface area contributed by atoms with Crippen LogP contribution in [0.15, 0.2) is 6.07 Å². The Hall–Kier alpha value is -1.85. The third-order valence-electron chi connectivity index (χ3n) is 2.26. The Labute approximate surface area is 101 Å². The van der Waals surface area contributed by atoms with Crippen LogP contribution in [0, 0.1) is 0 Å². The number of unbranched alkanes of at least 4 members (excludes halogenated alkanes) is 1. The molecule has 1 heterocycles. The maximum absolute atomic E-state index is 10.5.